The summed E-state index contributed by atoms with van der Waals surface area (Å²) >= 11 is 0. The molecule has 0 aliphatic heterocycles. The average molecular weight is 1130 g/mol. The lowest BCUT2D eigenvalue weighted by Gasteiger charge is -2.29. The number of aliphatic hydroxyl groups is 1. The Balaban J connectivity index is 4.08. The van der Waals surface area contributed by atoms with Crippen molar-refractivity contribution < 1.29 is 32.9 Å². The Hall–Kier alpha value is -1.54. The Morgan fingerprint density at radius 1 is 0.443 bits per heavy atom. The van der Waals surface area contributed by atoms with Crippen LogP contribution in [0.5, 0.6) is 0 Å². The van der Waals surface area contributed by atoms with Gasteiger partial charge in [-0.1, -0.05) is 319 Å². The molecule has 0 saturated heterocycles. The number of phosphoric ester groups is 1. The molecule has 466 valence electrons. The number of nitrogens with zero attached hydrogens (tertiary/aromatic N) is 1. The number of carbonyl (C=O) groups excluding carboxylic acids is 1. The molecular weight excluding hydrogens is 996 g/mol. The largest absolute Gasteiger partial charge is 0.756 e. The van der Waals surface area contributed by atoms with Crippen LogP contribution >= 0.6 is 7.82 Å². The second kappa shape index (κ2) is 61.0. The highest BCUT2D eigenvalue weighted by atomic mass is 31.2. The quantitative estimate of drug-likeness (QED) is 0.0272. The van der Waals surface area contributed by atoms with Gasteiger partial charge in [0.1, 0.15) is 13.2 Å². The van der Waals surface area contributed by atoms with Crippen LogP contribution in [0.3, 0.4) is 0 Å². The zero-order valence-corrected chi connectivity index (χ0v) is 54.2. The zero-order valence-electron chi connectivity index (χ0n) is 53.3. The van der Waals surface area contributed by atoms with E-state index >= 15 is 0 Å². The fourth-order valence-electron chi connectivity index (χ4n) is 10.4. The maximum Gasteiger partial charge on any atom is 0.268 e. The van der Waals surface area contributed by atoms with Crippen LogP contribution in [0, 0.1) is 0 Å². The highest BCUT2D eigenvalue weighted by Gasteiger charge is 2.23. The first-order chi connectivity index (χ1) is 38.5. The minimum atomic E-state index is -4.61. The molecule has 0 aromatic rings. The first kappa shape index (κ1) is 77.5. The molecule has 0 heterocycles. The van der Waals surface area contributed by atoms with Crippen molar-refractivity contribution in [3.63, 3.8) is 0 Å². The molecule has 9 heteroatoms. The monoisotopic (exact) mass is 1130 g/mol. The van der Waals surface area contributed by atoms with Gasteiger partial charge in [0.25, 0.3) is 7.82 Å². The number of carbonyl (C=O) groups is 1. The molecule has 1 amide bonds. The van der Waals surface area contributed by atoms with Gasteiger partial charge in [-0.25, -0.2) is 0 Å². The van der Waals surface area contributed by atoms with E-state index in [0.717, 1.165) is 44.9 Å². The van der Waals surface area contributed by atoms with Gasteiger partial charge in [-0.2, -0.15) is 0 Å². The van der Waals surface area contributed by atoms with E-state index in [0.29, 0.717) is 17.4 Å². The van der Waals surface area contributed by atoms with Crippen molar-refractivity contribution in [2.24, 2.45) is 0 Å². The number of hydrogen-bond donors (Lipinski definition) is 2. The summed E-state index contributed by atoms with van der Waals surface area (Å²) < 4.78 is 23.4. The summed E-state index contributed by atoms with van der Waals surface area (Å²) in [4.78, 5) is 25.6. The number of nitrogens with one attached hydrogen (secondary N) is 1. The molecule has 0 fully saturated rings. The summed E-state index contributed by atoms with van der Waals surface area (Å²) in [5.74, 6) is -0.202. The van der Waals surface area contributed by atoms with Crippen molar-refractivity contribution in [1.29, 1.82) is 0 Å². The van der Waals surface area contributed by atoms with E-state index in [9.17, 15) is 19.4 Å². The average Bonchev–Trinajstić information content (AvgIpc) is 3.42. The second-order valence-electron chi connectivity index (χ2n) is 24.9. The molecule has 0 saturated carbocycles. The summed E-state index contributed by atoms with van der Waals surface area (Å²) in [5, 5.41) is 13.9. The molecule has 3 atom stereocenters. The lowest BCUT2D eigenvalue weighted by Crippen LogP contribution is -2.45. The zero-order chi connectivity index (χ0) is 57.7. The minimum absolute atomic E-state index is 0.00567. The number of likely N-dealkylation sites (N-methyl/N-ethyl adjacent to an activating group) is 1. The highest BCUT2D eigenvalue weighted by molar-refractivity contribution is 7.45. The Morgan fingerprint density at radius 3 is 1.10 bits per heavy atom. The van der Waals surface area contributed by atoms with E-state index in [1.165, 1.54) is 276 Å². The lowest BCUT2D eigenvalue weighted by atomic mass is 10.0. The smallest absolute Gasteiger partial charge is 0.268 e. The van der Waals surface area contributed by atoms with Gasteiger partial charge < -0.3 is 28.8 Å². The molecule has 0 bridgehead atoms. The van der Waals surface area contributed by atoms with Gasteiger partial charge in [0, 0.05) is 6.42 Å². The van der Waals surface area contributed by atoms with Crippen molar-refractivity contribution in [2.75, 3.05) is 40.9 Å². The van der Waals surface area contributed by atoms with Crippen LogP contribution in [0.25, 0.3) is 0 Å². The van der Waals surface area contributed by atoms with Gasteiger partial charge >= 0.3 is 0 Å². The Morgan fingerprint density at radius 2 is 0.747 bits per heavy atom. The summed E-state index contributed by atoms with van der Waals surface area (Å²) in [6.45, 7) is 4.68. The van der Waals surface area contributed by atoms with Crippen LogP contribution in [0.1, 0.15) is 341 Å². The number of quaternary nitrogens is 1. The molecule has 0 aromatic heterocycles. The second-order valence-corrected chi connectivity index (χ2v) is 26.3. The maximum atomic E-state index is 13.0. The summed E-state index contributed by atoms with van der Waals surface area (Å²) in [6, 6.07) is -0.905. The highest BCUT2D eigenvalue weighted by Crippen LogP contribution is 2.38. The van der Waals surface area contributed by atoms with Crippen LogP contribution in [0.4, 0.5) is 0 Å². The van der Waals surface area contributed by atoms with Gasteiger partial charge in [0.15, 0.2) is 0 Å². The van der Waals surface area contributed by atoms with Crippen molar-refractivity contribution >= 4 is 13.7 Å². The molecule has 3 unspecified atom stereocenters. The van der Waals surface area contributed by atoms with Crippen molar-refractivity contribution in [3.05, 3.63) is 48.6 Å². The van der Waals surface area contributed by atoms with Gasteiger partial charge in [-0.3, -0.25) is 9.36 Å². The van der Waals surface area contributed by atoms with E-state index in [4.69, 9.17) is 9.05 Å². The van der Waals surface area contributed by atoms with Gasteiger partial charge in [-0.15, -0.1) is 0 Å². The third-order valence-corrected chi connectivity index (χ3v) is 16.7. The number of rotatable bonds is 64. The lowest BCUT2D eigenvalue weighted by molar-refractivity contribution is -0.870. The van der Waals surface area contributed by atoms with Crippen LogP contribution in [-0.2, 0) is 18.4 Å². The van der Waals surface area contributed by atoms with E-state index in [1.807, 2.05) is 27.2 Å². The number of unbranched alkanes of at least 4 members (excludes halogenated alkanes) is 45. The van der Waals surface area contributed by atoms with Crippen LogP contribution < -0.4 is 10.2 Å². The molecule has 2 N–H and O–H groups in total. The molecule has 0 aromatic carbocycles. The predicted molar refractivity (Wildman–Crippen MR) is 344 cm³/mol. The van der Waals surface area contributed by atoms with E-state index < -0.39 is 26.6 Å². The summed E-state index contributed by atoms with van der Waals surface area (Å²) in [5.41, 5.74) is 0. The number of phosphoric acid groups is 1. The number of aliphatic hydroxyl groups excluding tert-OH is 1. The van der Waals surface area contributed by atoms with Gasteiger partial charge in [0.05, 0.1) is 39.9 Å². The van der Waals surface area contributed by atoms with Crippen molar-refractivity contribution in [3.8, 4) is 0 Å². The summed E-state index contributed by atoms with van der Waals surface area (Å²) in [7, 11) is 1.26. The van der Waals surface area contributed by atoms with Crippen molar-refractivity contribution in [2.45, 2.75) is 353 Å². The first-order valence-corrected chi connectivity index (χ1v) is 36.0. The number of amides is 1. The Labute approximate surface area is 492 Å². The molecule has 0 rings (SSSR count). The fraction of sp³-hybridized carbons (Fsp3) is 0.871. The van der Waals surface area contributed by atoms with E-state index in [1.54, 1.807) is 6.08 Å². The van der Waals surface area contributed by atoms with Crippen LogP contribution in [0.2, 0.25) is 0 Å². The SMILES string of the molecule is CCCCCCCCCCC/C=C\C/C=C\CCCCCCCCCCCCCCCCCCCC(=O)NC(COP(=O)([O-])OCC[N+](C)(C)C)C(O)/C=C/CC/C=C/CCCCCCCCCCCCCCCCCCCC. The van der Waals surface area contributed by atoms with E-state index in [2.05, 4.69) is 55.6 Å². The summed E-state index contributed by atoms with van der Waals surface area (Å²) in [6.07, 6.45) is 82.4. The van der Waals surface area contributed by atoms with Crippen molar-refractivity contribution in [1.82, 2.24) is 5.32 Å². The third-order valence-electron chi connectivity index (χ3n) is 15.8. The molecule has 0 aliphatic rings. The van der Waals surface area contributed by atoms with Gasteiger partial charge in [0.2, 0.25) is 5.91 Å². The Kier molecular flexibility index (Phi) is 59.8. The molecule has 8 nitrogen and oxygen atoms in total. The molecule has 0 radical (unpaired) electrons. The molecule has 0 spiro atoms. The maximum absolute atomic E-state index is 13.0. The van der Waals surface area contributed by atoms with E-state index in [-0.39, 0.29) is 12.5 Å². The number of allylic oxidation sites excluding steroid dienone is 7. The topological polar surface area (TPSA) is 108 Å². The first-order valence-electron chi connectivity index (χ1n) is 34.5. The molecule has 79 heavy (non-hydrogen) atoms. The van der Waals surface area contributed by atoms with Crippen LogP contribution in [-0.4, -0.2) is 68.5 Å². The normalized spacial score (nSPS) is 14.0. The van der Waals surface area contributed by atoms with Gasteiger partial charge in [-0.05, 0) is 64.2 Å². The Bertz CT molecular complexity index is 1430. The predicted octanol–water partition coefficient (Wildman–Crippen LogP) is 21.2. The number of hydrogen-bond acceptors (Lipinski definition) is 6. The fourth-order valence-corrected chi connectivity index (χ4v) is 11.1. The standard InChI is InChI=1S/C70H135N2O6P/c1-6-8-10-12-14-16-18-20-22-24-26-28-30-32-33-34-35-36-37-38-39-40-42-44-46-48-50-52-54-56-58-60-62-64-70(74)71-68(67-78-79(75,76)77-66-65-72(3,4)5)69(73)63-61-59-57-55-53-51-49-47-45-43-41-31-29-27-25-23-21-19-17-15-13-11-9-7-2/h26,28,32-33,53,55,61,63,68-69,73H,6-25,27,29-31,34-52,54,56-60,62,64-67H2,1-5H3,(H-,71,74,75,76)/b28-26-,33-32-,55-53+,63-61+. The minimum Gasteiger partial charge on any atom is -0.756 e. The molecule has 0 aliphatic carbocycles. The molecular formula is C70H135N2O6P. The van der Waals surface area contributed by atoms with Crippen LogP contribution in [0.15, 0.2) is 48.6 Å². The third kappa shape index (κ3) is 63.9.